The van der Waals surface area contributed by atoms with Crippen LogP contribution in [0.25, 0.3) is 0 Å². The molecule has 12 heteroatoms. The average molecular weight is 546 g/mol. The Morgan fingerprint density at radius 2 is 1.81 bits per heavy atom. The summed E-state index contributed by atoms with van der Waals surface area (Å²) in [5.74, 6) is -4.83. The molecule has 2 fully saturated rings. The number of anilines is 1. The average Bonchev–Trinajstić information content (AvgIpc) is 2.94. The van der Waals surface area contributed by atoms with E-state index in [0.717, 1.165) is 24.3 Å². The second-order valence-electron chi connectivity index (χ2n) is 9.55. The molecule has 2 saturated carbocycles. The van der Waals surface area contributed by atoms with Gasteiger partial charge in [-0.3, -0.25) is 4.79 Å². The number of sulfone groups is 1. The van der Waals surface area contributed by atoms with E-state index in [-0.39, 0.29) is 40.4 Å². The van der Waals surface area contributed by atoms with Gasteiger partial charge in [0.2, 0.25) is 0 Å². The van der Waals surface area contributed by atoms with Gasteiger partial charge in [-0.05, 0) is 62.4 Å². The van der Waals surface area contributed by atoms with Crippen molar-refractivity contribution in [1.29, 1.82) is 0 Å². The molecule has 4 rings (SSSR count). The largest absolute Gasteiger partial charge is 0.393 e. The number of hydrogen-bond acceptors (Lipinski definition) is 7. The van der Waals surface area contributed by atoms with Crippen LogP contribution in [0, 0.1) is 23.5 Å². The second kappa shape index (κ2) is 9.62. The monoisotopic (exact) mass is 545 g/mol. The Morgan fingerprint density at radius 3 is 2.42 bits per heavy atom. The van der Waals surface area contributed by atoms with Crippen molar-refractivity contribution in [3.05, 3.63) is 58.6 Å². The maximum atomic E-state index is 13.6. The Morgan fingerprint density at radius 1 is 1.11 bits per heavy atom. The molecule has 0 saturated heterocycles. The fourth-order valence-electron chi connectivity index (χ4n) is 5.50. The Balaban J connectivity index is 1.61. The molecule has 2 aromatic carbocycles. The molecule has 0 radical (unpaired) electrons. The van der Waals surface area contributed by atoms with Gasteiger partial charge in [-0.25, -0.2) is 17.2 Å². The van der Waals surface area contributed by atoms with E-state index in [1.807, 2.05) is 0 Å². The molecule has 2 aromatic rings. The molecule has 2 aliphatic carbocycles. The molecule has 0 spiro atoms. The van der Waals surface area contributed by atoms with Crippen LogP contribution in [0.2, 0.25) is 5.02 Å². The van der Waals surface area contributed by atoms with Crippen LogP contribution in [0.3, 0.4) is 0 Å². The second-order valence-corrected chi connectivity index (χ2v) is 12.1. The summed E-state index contributed by atoms with van der Waals surface area (Å²) in [7, 11) is -4.17. The number of fused-ring (bicyclic) bond motifs is 2. The molecule has 36 heavy (non-hydrogen) atoms. The fraction of sp³-hybridized carbons (Fsp3) is 0.458. The maximum absolute atomic E-state index is 13.6. The molecular formula is C24H26ClF2NO7S. The van der Waals surface area contributed by atoms with Gasteiger partial charge in [0.15, 0.2) is 21.5 Å². The number of nitrogens with one attached hydrogen (secondary N) is 1. The Hall–Kier alpha value is -2.15. The molecule has 2 aliphatic rings. The normalized spacial score (nSPS) is 29.6. The van der Waals surface area contributed by atoms with E-state index in [1.165, 1.54) is 19.1 Å². The third-order valence-corrected chi connectivity index (χ3v) is 10.0. The van der Waals surface area contributed by atoms with Crippen molar-refractivity contribution in [3.63, 3.8) is 0 Å². The van der Waals surface area contributed by atoms with Gasteiger partial charge in [0.1, 0.15) is 11.7 Å². The smallest absolute Gasteiger partial charge is 0.255 e. The van der Waals surface area contributed by atoms with E-state index < -0.39 is 68.4 Å². The van der Waals surface area contributed by atoms with Crippen molar-refractivity contribution in [2.24, 2.45) is 11.8 Å². The summed E-state index contributed by atoms with van der Waals surface area (Å²) in [5, 5.41) is 43.1. The van der Waals surface area contributed by atoms with Gasteiger partial charge >= 0.3 is 0 Å². The van der Waals surface area contributed by atoms with E-state index in [1.54, 1.807) is 0 Å². The van der Waals surface area contributed by atoms with Crippen LogP contribution in [0.5, 0.6) is 0 Å². The molecule has 1 amide bonds. The van der Waals surface area contributed by atoms with Crippen molar-refractivity contribution in [2.75, 3.05) is 5.32 Å². The summed E-state index contributed by atoms with van der Waals surface area (Å²) in [6.45, 7) is 1.30. The maximum Gasteiger partial charge on any atom is 0.255 e. The standard InChI is InChI=1S/C24H26ClF2NO7S/c1-11(29)22(31)24(33)13-7-15(10-16(24)20(30)8-13)36(34,35)21-6-12(2-4-17(21)25)23(32)28-14-3-5-18(26)19(27)9-14/h2-6,9,11,13,15-16,20,22,29-31,33H,7-8,10H2,1H3,(H,28,32)/t11-,13?,15+,16+,20?,22+,24+/m0/s1. The van der Waals surface area contributed by atoms with Crippen LogP contribution in [0.4, 0.5) is 14.5 Å². The lowest BCUT2D eigenvalue weighted by Gasteiger charge is -2.46. The minimum absolute atomic E-state index is 0.0351. The zero-order chi connectivity index (χ0) is 26.6. The number of rotatable bonds is 6. The number of hydrogen-bond donors (Lipinski definition) is 5. The highest BCUT2D eigenvalue weighted by atomic mass is 35.5. The highest BCUT2D eigenvalue weighted by molar-refractivity contribution is 7.92. The molecule has 0 aromatic heterocycles. The number of carbonyl (C=O) groups excluding carboxylic acids is 1. The summed E-state index contributed by atoms with van der Waals surface area (Å²) in [6.07, 6.45) is -4.17. The van der Waals surface area contributed by atoms with Crippen molar-refractivity contribution in [1.82, 2.24) is 0 Å². The quantitative estimate of drug-likeness (QED) is 0.374. The first kappa shape index (κ1) is 26.9. The van der Waals surface area contributed by atoms with Crippen molar-refractivity contribution >= 4 is 33.0 Å². The minimum atomic E-state index is -4.17. The molecule has 2 unspecified atom stereocenters. The first-order valence-electron chi connectivity index (χ1n) is 11.3. The molecule has 5 N–H and O–H groups in total. The molecule has 0 aliphatic heterocycles. The summed E-state index contributed by atoms with van der Waals surface area (Å²) in [6, 6.07) is 6.36. The van der Waals surface area contributed by atoms with Crippen molar-refractivity contribution < 1.29 is 42.4 Å². The third-order valence-electron chi connectivity index (χ3n) is 7.35. The van der Waals surface area contributed by atoms with Crippen LogP contribution in [-0.2, 0) is 9.84 Å². The zero-order valence-electron chi connectivity index (χ0n) is 19.1. The van der Waals surface area contributed by atoms with E-state index in [0.29, 0.717) is 0 Å². The Labute approximate surface area is 211 Å². The van der Waals surface area contributed by atoms with Gasteiger partial charge in [-0.15, -0.1) is 0 Å². The highest BCUT2D eigenvalue weighted by Crippen LogP contribution is 2.54. The SMILES string of the molecule is C[C@H](O)[C@@H](O)[C@@]1(O)C2CC(O)[C@H]1C[C@H](S(=O)(=O)c1cc(C(=O)Nc3ccc(F)c(F)c3)ccc1Cl)C2. The molecule has 8 nitrogen and oxygen atoms in total. The number of carbonyl (C=O) groups is 1. The molecule has 0 heterocycles. The van der Waals surface area contributed by atoms with Crippen LogP contribution in [-0.4, -0.2) is 63.9 Å². The predicted octanol–water partition coefficient (Wildman–Crippen LogP) is 2.28. The third kappa shape index (κ3) is 4.52. The van der Waals surface area contributed by atoms with Gasteiger partial charge in [0.05, 0.1) is 27.4 Å². The predicted molar refractivity (Wildman–Crippen MR) is 126 cm³/mol. The lowest BCUT2D eigenvalue weighted by molar-refractivity contribution is -0.178. The first-order chi connectivity index (χ1) is 16.8. The van der Waals surface area contributed by atoms with Gasteiger partial charge < -0.3 is 25.7 Å². The summed E-state index contributed by atoms with van der Waals surface area (Å²) >= 11 is 6.19. The van der Waals surface area contributed by atoms with Crippen LogP contribution < -0.4 is 5.32 Å². The lowest BCUT2D eigenvalue weighted by Crippen LogP contribution is -2.59. The molecular weight excluding hydrogens is 520 g/mol. The van der Waals surface area contributed by atoms with Crippen LogP contribution >= 0.6 is 11.6 Å². The van der Waals surface area contributed by atoms with E-state index in [9.17, 15) is 42.4 Å². The lowest BCUT2D eigenvalue weighted by atomic mass is 9.70. The van der Waals surface area contributed by atoms with Crippen LogP contribution in [0.1, 0.15) is 36.5 Å². The summed E-state index contributed by atoms with van der Waals surface area (Å²) < 4.78 is 53.8. The first-order valence-corrected chi connectivity index (χ1v) is 13.3. The topological polar surface area (TPSA) is 144 Å². The van der Waals surface area contributed by atoms with Gasteiger partial charge in [0, 0.05) is 23.2 Å². The number of benzene rings is 2. The van der Waals surface area contributed by atoms with Crippen molar-refractivity contribution in [3.8, 4) is 0 Å². The summed E-state index contributed by atoms with van der Waals surface area (Å²) in [5.41, 5.74) is -1.98. The minimum Gasteiger partial charge on any atom is -0.393 e. The van der Waals surface area contributed by atoms with Gasteiger partial charge in [0.25, 0.3) is 5.91 Å². The van der Waals surface area contributed by atoms with Gasteiger partial charge in [-0.1, -0.05) is 11.6 Å². The van der Waals surface area contributed by atoms with Gasteiger partial charge in [-0.2, -0.15) is 0 Å². The zero-order valence-corrected chi connectivity index (χ0v) is 20.7. The van der Waals surface area contributed by atoms with Crippen molar-refractivity contribution in [2.45, 2.75) is 60.2 Å². The number of amides is 1. The number of aliphatic hydroxyl groups excluding tert-OH is 3. The van der Waals surface area contributed by atoms with E-state index >= 15 is 0 Å². The fourth-order valence-corrected chi connectivity index (χ4v) is 7.88. The molecule has 196 valence electrons. The van der Waals surface area contributed by atoms with E-state index in [2.05, 4.69) is 5.32 Å². The number of aliphatic hydroxyl groups is 4. The Bertz CT molecular complexity index is 1290. The van der Waals surface area contributed by atoms with E-state index in [4.69, 9.17) is 11.6 Å². The van der Waals surface area contributed by atoms with Crippen LogP contribution in [0.15, 0.2) is 41.3 Å². The summed E-state index contributed by atoms with van der Waals surface area (Å²) in [4.78, 5) is 12.3. The number of halogens is 3. The highest BCUT2D eigenvalue weighted by Gasteiger charge is 2.63. The molecule has 2 bridgehead atoms. The molecule has 7 atom stereocenters. The Kier molecular flexibility index (Phi) is 7.19.